The van der Waals surface area contributed by atoms with Crippen LogP contribution in [0.25, 0.3) is 0 Å². The van der Waals surface area contributed by atoms with Gasteiger partial charge in [-0.3, -0.25) is 4.79 Å². The Morgan fingerprint density at radius 1 is 1.14 bits per heavy atom. The van der Waals surface area contributed by atoms with E-state index >= 15 is 0 Å². The fourth-order valence-corrected chi connectivity index (χ4v) is 3.80. The molecule has 5 nitrogen and oxygen atoms in total. The van der Waals surface area contributed by atoms with E-state index in [2.05, 4.69) is 39.7 Å². The predicted molar refractivity (Wildman–Crippen MR) is 84.6 cm³/mol. The summed E-state index contributed by atoms with van der Waals surface area (Å²) in [5, 5.41) is 0. The molecule has 2 atom stereocenters. The molecule has 1 aromatic rings. The largest absolute Gasteiger partial charge is 0.356 e. The fraction of sp³-hybridized carbons (Fsp3) is 0.706. The quantitative estimate of drug-likeness (QED) is 0.855. The molecule has 3 heterocycles. The number of anilines is 1. The Bertz CT molecular complexity index is 570. The van der Waals surface area contributed by atoms with Crippen molar-refractivity contribution in [2.45, 2.75) is 32.6 Å². The Labute approximate surface area is 131 Å². The first kappa shape index (κ1) is 14.0. The van der Waals surface area contributed by atoms with Crippen LogP contribution in [0.15, 0.2) is 12.4 Å². The number of hydrogen-bond acceptors (Lipinski definition) is 4. The van der Waals surface area contributed by atoms with Gasteiger partial charge in [0.25, 0.3) is 0 Å². The van der Waals surface area contributed by atoms with Crippen LogP contribution in [0.3, 0.4) is 0 Å². The molecule has 118 valence electrons. The maximum Gasteiger partial charge on any atom is 0.225 e. The summed E-state index contributed by atoms with van der Waals surface area (Å²) in [7, 11) is 0. The van der Waals surface area contributed by atoms with Crippen molar-refractivity contribution in [2.75, 3.05) is 31.1 Å². The van der Waals surface area contributed by atoms with Crippen LogP contribution in [0.2, 0.25) is 0 Å². The maximum absolute atomic E-state index is 12.2. The molecule has 3 aliphatic rings. The average Bonchev–Trinajstić information content (AvgIpc) is 3.16. The van der Waals surface area contributed by atoms with Crippen LogP contribution in [0.4, 0.5) is 5.82 Å². The van der Waals surface area contributed by atoms with E-state index in [0.29, 0.717) is 29.6 Å². The van der Waals surface area contributed by atoms with Crippen molar-refractivity contribution in [2.24, 2.45) is 17.8 Å². The van der Waals surface area contributed by atoms with Crippen LogP contribution in [0.5, 0.6) is 0 Å². The SMILES string of the molecule is CC(C)c1cc(N2CC3CN(C(=O)C4CC4)CC3C2)ncn1. The minimum atomic E-state index is 0.352. The van der Waals surface area contributed by atoms with Gasteiger partial charge in [-0.1, -0.05) is 13.8 Å². The lowest BCUT2D eigenvalue weighted by Crippen LogP contribution is -2.34. The van der Waals surface area contributed by atoms with E-state index in [1.165, 1.54) is 0 Å². The molecule has 22 heavy (non-hydrogen) atoms. The first-order valence-electron chi connectivity index (χ1n) is 8.47. The van der Waals surface area contributed by atoms with E-state index in [0.717, 1.165) is 50.5 Å². The summed E-state index contributed by atoms with van der Waals surface area (Å²) in [4.78, 5) is 25.5. The normalized spacial score (nSPS) is 27.6. The second-order valence-corrected chi connectivity index (χ2v) is 7.40. The topological polar surface area (TPSA) is 49.3 Å². The zero-order chi connectivity index (χ0) is 15.3. The molecule has 3 fully saturated rings. The number of hydrogen-bond donors (Lipinski definition) is 0. The summed E-state index contributed by atoms with van der Waals surface area (Å²) in [6.07, 6.45) is 3.90. The number of amides is 1. The summed E-state index contributed by atoms with van der Waals surface area (Å²) in [5.74, 6) is 3.46. The van der Waals surface area contributed by atoms with Gasteiger partial charge in [-0.25, -0.2) is 9.97 Å². The Morgan fingerprint density at radius 2 is 1.82 bits per heavy atom. The molecule has 0 radical (unpaired) electrons. The first-order valence-corrected chi connectivity index (χ1v) is 8.47. The lowest BCUT2D eigenvalue weighted by molar-refractivity contribution is -0.131. The van der Waals surface area contributed by atoms with Crippen LogP contribution < -0.4 is 4.90 Å². The second kappa shape index (κ2) is 5.21. The van der Waals surface area contributed by atoms with Crippen LogP contribution >= 0.6 is 0 Å². The van der Waals surface area contributed by atoms with Crippen molar-refractivity contribution in [3.05, 3.63) is 18.1 Å². The number of likely N-dealkylation sites (tertiary alicyclic amines) is 1. The Hall–Kier alpha value is -1.65. The Kier molecular flexibility index (Phi) is 3.31. The van der Waals surface area contributed by atoms with Crippen LogP contribution in [-0.2, 0) is 4.79 Å². The summed E-state index contributed by atoms with van der Waals surface area (Å²) >= 11 is 0. The van der Waals surface area contributed by atoms with Crippen molar-refractivity contribution in [3.8, 4) is 0 Å². The third kappa shape index (κ3) is 2.46. The van der Waals surface area contributed by atoms with E-state index in [-0.39, 0.29) is 0 Å². The van der Waals surface area contributed by atoms with E-state index in [9.17, 15) is 4.79 Å². The van der Waals surface area contributed by atoms with Crippen molar-refractivity contribution < 1.29 is 4.79 Å². The van der Waals surface area contributed by atoms with Crippen molar-refractivity contribution in [3.63, 3.8) is 0 Å². The third-order valence-electron chi connectivity index (χ3n) is 5.31. The molecular formula is C17H24N4O. The first-order chi connectivity index (χ1) is 10.6. The van der Waals surface area contributed by atoms with E-state index in [4.69, 9.17) is 0 Å². The van der Waals surface area contributed by atoms with E-state index < -0.39 is 0 Å². The highest BCUT2D eigenvalue weighted by atomic mass is 16.2. The minimum Gasteiger partial charge on any atom is -0.356 e. The Morgan fingerprint density at radius 3 is 2.41 bits per heavy atom. The number of carbonyl (C=O) groups excluding carboxylic acids is 1. The molecule has 0 bridgehead atoms. The lowest BCUT2D eigenvalue weighted by Gasteiger charge is -2.23. The Balaban J connectivity index is 1.42. The highest BCUT2D eigenvalue weighted by Crippen LogP contribution is 2.37. The van der Waals surface area contributed by atoms with Crippen LogP contribution in [0.1, 0.15) is 38.3 Å². The smallest absolute Gasteiger partial charge is 0.225 e. The molecule has 1 saturated carbocycles. The van der Waals surface area contributed by atoms with Gasteiger partial charge >= 0.3 is 0 Å². The number of fused-ring (bicyclic) bond motifs is 1. The number of rotatable bonds is 3. The van der Waals surface area contributed by atoms with Crippen LogP contribution in [-0.4, -0.2) is 47.0 Å². The monoisotopic (exact) mass is 300 g/mol. The van der Waals surface area contributed by atoms with E-state index in [1.807, 2.05) is 0 Å². The molecule has 2 unspecified atom stereocenters. The van der Waals surface area contributed by atoms with Gasteiger partial charge in [0.2, 0.25) is 5.91 Å². The van der Waals surface area contributed by atoms with E-state index in [1.54, 1.807) is 6.33 Å². The van der Waals surface area contributed by atoms with Gasteiger partial charge in [0.05, 0.1) is 0 Å². The van der Waals surface area contributed by atoms with Gasteiger partial charge in [-0.2, -0.15) is 0 Å². The van der Waals surface area contributed by atoms with Crippen molar-refractivity contribution in [1.29, 1.82) is 0 Å². The standard InChI is InChI=1S/C17H24N4O/c1-11(2)15-5-16(19-10-18-15)20-6-13-8-21(9-14(13)7-20)17(22)12-3-4-12/h5,10-14H,3-4,6-9H2,1-2H3. The van der Waals surface area contributed by atoms with Gasteiger partial charge in [-0.15, -0.1) is 0 Å². The molecule has 4 rings (SSSR count). The highest BCUT2D eigenvalue weighted by Gasteiger charge is 2.44. The highest BCUT2D eigenvalue weighted by molar-refractivity contribution is 5.81. The number of aromatic nitrogens is 2. The molecule has 0 aromatic carbocycles. The zero-order valence-corrected chi connectivity index (χ0v) is 13.4. The maximum atomic E-state index is 12.2. The van der Waals surface area contributed by atoms with Gasteiger partial charge in [0.1, 0.15) is 12.1 Å². The third-order valence-corrected chi connectivity index (χ3v) is 5.31. The van der Waals surface area contributed by atoms with Crippen molar-refractivity contribution in [1.82, 2.24) is 14.9 Å². The summed E-state index contributed by atoms with van der Waals surface area (Å²) in [5.41, 5.74) is 1.10. The molecule has 0 spiro atoms. The lowest BCUT2D eigenvalue weighted by atomic mass is 10.0. The molecule has 2 aliphatic heterocycles. The van der Waals surface area contributed by atoms with Crippen LogP contribution in [0, 0.1) is 17.8 Å². The molecule has 5 heteroatoms. The molecule has 0 N–H and O–H groups in total. The molecule has 2 saturated heterocycles. The fourth-order valence-electron chi connectivity index (χ4n) is 3.80. The minimum absolute atomic E-state index is 0.352. The second-order valence-electron chi connectivity index (χ2n) is 7.40. The summed E-state index contributed by atoms with van der Waals surface area (Å²) < 4.78 is 0. The van der Waals surface area contributed by atoms with Gasteiger partial charge in [-0.05, 0) is 18.8 Å². The summed E-state index contributed by atoms with van der Waals surface area (Å²) in [6, 6.07) is 2.12. The molecular weight excluding hydrogens is 276 g/mol. The predicted octanol–water partition coefficient (Wildman–Crippen LogP) is 1.90. The number of carbonyl (C=O) groups is 1. The van der Waals surface area contributed by atoms with Gasteiger partial charge < -0.3 is 9.80 Å². The van der Waals surface area contributed by atoms with Gasteiger partial charge in [0, 0.05) is 55.7 Å². The number of nitrogens with zero attached hydrogens (tertiary/aromatic N) is 4. The summed E-state index contributed by atoms with van der Waals surface area (Å²) in [6.45, 7) is 8.25. The molecule has 1 aromatic heterocycles. The van der Waals surface area contributed by atoms with Gasteiger partial charge in [0.15, 0.2) is 0 Å². The molecule has 1 amide bonds. The average molecular weight is 300 g/mol. The zero-order valence-electron chi connectivity index (χ0n) is 13.4. The van der Waals surface area contributed by atoms with Crippen molar-refractivity contribution >= 4 is 11.7 Å². The molecule has 1 aliphatic carbocycles.